The first-order valence-electron chi connectivity index (χ1n) is 10.9. The number of H-pyrrole nitrogens is 1. The van der Waals surface area contributed by atoms with E-state index in [4.69, 9.17) is 4.74 Å². The highest BCUT2D eigenvalue weighted by Crippen LogP contribution is 2.22. The molecule has 0 amide bonds. The molecule has 1 saturated heterocycles. The van der Waals surface area contributed by atoms with Crippen LogP contribution in [0.3, 0.4) is 0 Å². The third kappa shape index (κ3) is 6.64. The minimum Gasteiger partial charge on any atom is -0.379 e. The van der Waals surface area contributed by atoms with Gasteiger partial charge in [0.2, 0.25) is 0 Å². The quantitative estimate of drug-likeness (QED) is 0.230. The number of nitrogens with zero attached hydrogens (tertiary/aromatic N) is 2. The molecule has 1 aliphatic heterocycles. The smallest absolute Gasteiger partial charge is 0.191 e. The highest BCUT2D eigenvalue weighted by Gasteiger charge is 2.23. The molecule has 1 unspecified atom stereocenters. The highest BCUT2D eigenvalue weighted by atomic mass is 127. The van der Waals surface area contributed by atoms with E-state index in [9.17, 15) is 8.78 Å². The van der Waals surface area contributed by atoms with E-state index in [-0.39, 0.29) is 41.7 Å². The molecule has 178 valence electrons. The number of aliphatic imine (C=N–C) groups is 1. The third-order valence-corrected chi connectivity index (χ3v) is 5.82. The summed E-state index contributed by atoms with van der Waals surface area (Å²) in [6.07, 6.45) is 2.64. The van der Waals surface area contributed by atoms with Crippen molar-refractivity contribution in [2.24, 2.45) is 4.99 Å². The highest BCUT2D eigenvalue weighted by molar-refractivity contribution is 14.0. The molecule has 1 aromatic heterocycles. The molecule has 3 aromatic rings. The average Bonchev–Trinajstić information content (AvgIpc) is 3.21. The van der Waals surface area contributed by atoms with Crippen molar-refractivity contribution in [2.75, 3.05) is 46.4 Å². The normalized spacial score (nSPS) is 15.8. The van der Waals surface area contributed by atoms with Gasteiger partial charge in [-0.15, -0.1) is 24.0 Å². The molecule has 1 fully saturated rings. The minimum absolute atomic E-state index is 0. The summed E-state index contributed by atoms with van der Waals surface area (Å²) >= 11 is 0. The van der Waals surface area contributed by atoms with Crippen molar-refractivity contribution in [1.29, 1.82) is 0 Å². The number of guanidine groups is 1. The lowest BCUT2D eigenvalue weighted by atomic mass is 10.0. The van der Waals surface area contributed by atoms with E-state index in [0.717, 1.165) is 41.5 Å². The summed E-state index contributed by atoms with van der Waals surface area (Å²) in [5.74, 6) is 0.194. The molecule has 0 bridgehead atoms. The molecule has 3 N–H and O–H groups in total. The number of hydrogen-bond acceptors (Lipinski definition) is 3. The first-order chi connectivity index (χ1) is 15.6. The Morgan fingerprint density at radius 3 is 2.67 bits per heavy atom. The van der Waals surface area contributed by atoms with Crippen LogP contribution >= 0.6 is 24.0 Å². The molecule has 4 rings (SSSR count). The van der Waals surface area contributed by atoms with Crippen LogP contribution in [0.15, 0.2) is 53.7 Å². The molecule has 0 aliphatic carbocycles. The molecular formula is C24H30F2IN5O. The molecule has 9 heteroatoms. The van der Waals surface area contributed by atoms with E-state index < -0.39 is 0 Å². The largest absolute Gasteiger partial charge is 0.379 e. The van der Waals surface area contributed by atoms with E-state index in [2.05, 4.69) is 25.5 Å². The maximum absolute atomic E-state index is 13.9. The lowest BCUT2D eigenvalue weighted by Crippen LogP contribution is -2.46. The second kappa shape index (κ2) is 12.3. The molecule has 1 aliphatic rings. The van der Waals surface area contributed by atoms with Gasteiger partial charge in [-0.05, 0) is 47.9 Å². The number of hydrogen-bond donors (Lipinski definition) is 3. The minimum atomic E-state index is -0.240. The summed E-state index contributed by atoms with van der Waals surface area (Å²) in [6.45, 7) is 4.17. The Bertz CT molecular complexity index is 1070. The van der Waals surface area contributed by atoms with E-state index >= 15 is 0 Å². The van der Waals surface area contributed by atoms with Gasteiger partial charge in [0.25, 0.3) is 0 Å². The topological polar surface area (TPSA) is 64.7 Å². The number of rotatable bonds is 7. The molecule has 0 radical (unpaired) electrons. The molecule has 0 saturated carbocycles. The van der Waals surface area contributed by atoms with Crippen LogP contribution in [0.25, 0.3) is 10.9 Å². The fourth-order valence-corrected chi connectivity index (χ4v) is 4.15. The lowest BCUT2D eigenvalue weighted by Gasteiger charge is -2.35. The third-order valence-electron chi connectivity index (χ3n) is 5.82. The van der Waals surface area contributed by atoms with Gasteiger partial charge in [-0.3, -0.25) is 9.89 Å². The van der Waals surface area contributed by atoms with Gasteiger partial charge in [-0.2, -0.15) is 0 Å². The maximum atomic E-state index is 13.9. The number of benzene rings is 2. The molecule has 2 aromatic carbocycles. The van der Waals surface area contributed by atoms with Crippen LogP contribution in [-0.2, 0) is 11.2 Å². The van der Waals surface area contributed by atoms with Crippen LogP contribution in [-0.4, -0.2) is 62.3 Å². The second-order valence-corrected chi connectivity index (χ2v) is 7.85. The molecule has 2 heterocycles. The van der Waals surface area contributed by atoms with E-state index in [0.29, 0.717) is 32.3 Å². The predicted molar refractivity (Wildman–Crippen MR) is 138 cm³/mol. The van der Waals surface area contributed by atoms with Crippen LogP contribution in [0.1, 0.15) is 17.2 Å². The lowest BCUT2D eigenvalue weighted by molar-refractivity contribution is 0.0169. The molecule has 6 nitrogen and oxygen atoms in total. The Balaban J connectivity index is 0.00000306. The fraction of sp³-hybridized carbons (Fsp3) is 0.375. The van der Waals surface area contributed by atoms with Crippen LogP contribution in [0.2, 0.25) is 0 Å². The number of ether oxygens (including phenoxy) is 1. The summed E-state index contributed by atoms with van der Waals surface area (Å²) in [7, 11) is 1.72. The Labute approximate surface area is 209 Å². The van der Waals surface area contributed by atoms with Crippen LogP contribution in [0.4, 0.5) is 8.78 Å². The monoisotopic (exact) mass is 569 g/mol. The Hall–Kier alpha value is -2.24. The van der Waals surface area contributed by atoms with Crippen molar-refractivity contribution in [3.63, 3.8) is 0 Å². The number of aromatic nitrogens is 1. The Morgan fingerprint density at radius 2 is 1.91 bits per heavy atom. The van der Waals surface area contributed by atoms with Crippen LogP contribution in [0.5, 0.6) is 0 Å². The first kappa shape index (κ1) is 25.4. The van der Waals surface area contributed by atoms with Crippen LogP contribution in [0, 0.1) is 11.6 Å². The van der Waals surface area contributed by atoms with E-state index in [1.54, 1.807) is 31.3 Å². The Kier molecular flexibility index (Phi) is 9.45. The molecule has 1 atom stereocenters. The van der Waals surface area contributed by atoms with Crippen molar-refractivity contribution in [3.05, 3.63) is 71.4 Å². The molecule has 0 spiro atoms. The van der Waals surface area contributed by atoms with Gasteiger partial charge in [0.1, 0.15) is 11.6 Å². The first-order valence-corrected chi connectivity index (χ1v) is 10.9. The zero-order valence-corrected chi connectivity index (χ0v) is 20.9. The fourth-order valence-electron chi connectivity index (χ4n) is 4.15. The number of aromatic amines is 1. The maximum Gasteiger partial charge on any atom is 0.191 e. The van der Waals surface area contributed by atoms with Crippen molar-refractivity contribution < 1.29 is 13.5 Å². The number of fused-ring (bicyclic) bond motifs is 1. The summed E-state index contributed by atoms with van der Waals surface area (Å²) < 4.78 is 33.0. The van der Waals surface area contributed by atoms with Gasteiger partial charge in [-0.25, -0.2) is 8.78 Å². The summed E-state index contributed by atoms with van der Waals surface area (Å²) in [5.41, 5.74) is 2.90. The SMILES string of the molecule is CN=C(NCCc1c[nH]c2ccc(F)cc12)NCC(c1cccc(F)c1)N1CCOCC1.I. The van der Waals surface area contributed by atoms with Gasteiger partial charge < -0.3 is 20.4 Å². The van der Waals surface area contributed by atoms with Gasteiger partial charge in [0.05, 0.1) is 19.3 Å². The van der Waals surface area contributed by atoms with E-state index in [1.807, 2.05) is 12.3 Å². The van der Waals surface area contributed by atoms with Crippen molar-refractivity contribution in [2.45, 2.75) is 12.5 Å². The molecule has 33 heavy (non-hydrogen) atoms. The number of nitrogens with one attached hydrogen (secondary N) is 3. The predicted octanol–water partition coefficient (Wildman–Crippen LogP) is 3.85. The summed E-state index contributed by atoms with van der Waals surface area (Å²) in [6, 6.07) is 11.5. The van der Waals surface area contributed by atoms with Crippen molar-refractivity contribution >= 4 is 40.8 Å². The van der Waals surface area contributed by atoms with Gasteiger partial charge >= 0.3 is 0 Å². The zero-order chi connectivity index (χ0) is 22.3. The van der Waals surface area contributed by atoms with Crippen LogP contribution < -0.4 is 10.6 Å². The Morgan fingerprint density at radius 1 is 1.12 bits per heavy atom. The summed E-state index contributed by atoms with van der Waals surface area (Å²) in [4.78, 5) is 9.81. The zero-order valence-electron chi connectivity index (χ0n) is 18.6. The van der Waals surface area contributed by atoms with Gasteiger partial charge in [0.15, 0.2) is 5.96 Å². The van der Waals surface area contributed by atoms with Crippen molar-refractivity contribution in [3.8, 4) is 0 Å². The van der Waals surface area contributed by atoms with Gasteiger partial charge in [0, 0.05) is 50.3 Å². The number of morpholine rings is 1. The van der Waals surface area contributed by atoms with Gasteiger partial charge in [-0.1, -0.05) is 12.1 Å². The van der Waals surface area contributed by atoms with Crippen molar-refractivity contribution in [1.82, 2.24) is 20.5 Å². The second-order valence-electron chi connectivity index (χ2n) is 7.85. The van der Waals surface area contributed by atoms with E-state index in [1.165, 1.54) is 12.1 Å². The molecular weight excluding hydrogens is 539 g/mol. The average molecular weight is 569 g/mol. The standard InChI is InChI=1S/C24H29F2N5O.HI/c1-27-24(28-8-7-18-15-29-22-6-5-20(26)14-21(18)22)30-16-23(31-9-11-32-12-10-31)17-3-2-4-19(25)13-17;/h2-6,13-15,23,29H,7-12,16H2,1H3,(H2,27,28,30);1H. The number of halogens is 3. The summed E-state index contributed by atoms with van der Waals surface area (Å²) in [5, 5.41) is 7.60.